The molecule has 1 unspecified atom stereocenters. The second kappa shape index (κ2) is 17.4. The number of aryl methyl sites for hydroxylation is 1. The van der Waals surface area contributed by atoms with Crippen molar-refractivity contribution in [3.8, 4) is 11.5 Å². The number of carbonyl (C=O) groups excluding carboxylic acids is 2. The molecule has 9 nitrogen and oxygen atoms in total. The third kappa shape index (κ3) is 9.53. The zero-order valence-corrected chi connectivity index (χ0v) is 35.2. The van der Waals surface area contributed by atoms with Crippen LogP contribution in [-0.2, 0) is 20.3 Å². The van der Waals surface area contributed by atoms with E-state index >= 15 is 0 Å². The lowest BCUT2D eigenvalue weighted by Gasteiger charge is -2.58. The van der Waals surface area contributed by atoms with Gasteiger partial charge in [0.2, 0.25) is 0 Å². The van der Waals surface area contributed by atoms with E-state index in [1.54, 1.807) is 19.9 Å². The van der Waals surface area contributed by atoms with Gasteiger partial charge in [-0.05, 0) is 144 Å². The summed E-state index contributed by atoms with van der Waals surface area (Å²) < 4.78 is 31.7. The van der Waals surface area contributed by atoms with Crippen LogP contribution in [0.3, 0.4) is 0 Å². The molecule has 1 amide bonds. The number of methoxy groups -OCH3 is 1. The number of phenols is 1. The van der Waals surface area contributed by atoms with Gasteiger partial charge in [-0.15, -0.1) is 0 Å². The zero-order valence-electron chi connectivity index (χ0n) is 33.5. The number of amides is 1. The molecule has 1 heterocycles. The molecule has 0 aromatic heterocycles. The molecular formula is C41H65ClFN2O7P. The van der Waals surface area contributed by atoms with E-state index in [1.165, 1.54) is 31.9 Å². The topological polar surface area (TPSA) is 125 Å². The number of nitrogens with one attached hydrogen (secondary N) is 1. The Balaban J connectivity index is 0.000000197. The molecule has 12 heteroatoms. The summed E-state index contributed by atoms with van der Waals surface area (Å²) in [6.07, 6.45) is 13.2. The van der Waals surface area contributed by atoms with Gasteiger partial charge >= 0.3 is 7.68 Å². The molecule has 3 N–H and O–H groups in total. The summed E-state index contributed by atoms with van der Waals surface area (Å²) in [6, 6.07) is 1.99. The van der Waals surface area contributed by atoms with Gasteiger partial charge in [-0.1, -0.05) is 44.9 Å². The van der Waals surface area contributed by atoms with Gasteiger partial charge in [0.15, 0.2) is 11.5 Å². The van der Waals surface area contributed by atoms with Gasteiger partial charge in [0.1, 0.15) is 11.3 Å². The minimum atomic E-state index is -3.72. The number of hydrogen-bond donors (Lipinski definition) is 3. The number of aliphatic hydroxyl groups is 1. The maximum Gasteiger partial charge on any atom is 0.364 e. The van der Waals surface area contributed by atoms with E-state index in [1.807, 2.05) is 13.0 Å². The van der Waals surface area contributed by atoms with Crippen molar-refractivity contribution in [1.29, 1.82) is 0 Å². The van der Waals surface area contributed by atoms with E-state index in [2.05, 4.69) is 42.4 Å². The van der Waals surface area contributed by atoms with E-state index in [9.17, 15) is 28.6 Å². The molecule has 8 atom stereocenters. The van der Waals surface area contributed by atoms with Crippen molar-refractivity contribution in [1.82, 2.24) is 10.2 Å². The summed E-state index contributed by atoms with van der Waals surface area (Å²) in [6.45, 7) is 17.7. The third-order valence-electron chi connectivity index (χ3n) is 13.4. The second-order valence-electron chi connectivity index (χ2n) is 16.9. The first kappa shape index (κ1) is 43.8. The SMILES string of the molecule is CC(C)OP(C)(=O)F.CCc1cc(Cl)c(OC)c(C(=O)NC[C@@H]2CCCN2CC)c1O.C[C@]12CCC(=O)C=C1CC[C@@H]1[C@@H]2CC[C@@]2(C)[C@H]1CC[C@]2(C)O. The second-order valence-corrected chi connectivity index (χ2v) is 19.0. The van der Waals surface area contributed by atoms with E-state index in [0.717, 1.165) is 76.5 Å². The maximum absolute atomic E-state index is 12.6. The van der Waals surface area contributed by atoms with E-state index in [-0.39, 0.29) is 39.9 Å². The average Bonchev–Trinajstić information content (AvgIpc) is 3.64. The van der Waals surface area contributed by atoms with Gasteiger partial charge in [0, 0.05) is 25.7 Å². The van der Waals surface area contributed by atoms with Crippen molar-refractivity contribution < 1.29 is 37.8 Å². The lowest BCUT2D eigenvalue weighted by molar-refractivity contribution is -0.124. The highest BCUT2D eigenvalue weighted by atomic mass is 35.5. The number of ketones is 1. The van der Waals surface area contributed by atoms with Crippen LogP contribution in [0.15, 0.2) is 17.7 Å². The van der Waals surface area contributed by atoms with Crippen LogP contribution in [-0.4, -0.2) is 78.0 Å². The van der Waals surface area contributed by atoms with Crippen LogP contribution < -0.4 is 10.1 Å². The normalized spacial score (nSPS) is 33.2. The first-order valence-electron chi connectivity index (χ1n) is 19.7. The summed E-state index contributed by atoms with van der Waals surface area (Å²) in [4.78, 5) is 26.8. The van der Waals surface area contributed by atoms with Crippen molar-refractivity contribution >= 4 is 31.0 Å². The van der Waals surface area contributed by atoms with Crippen LogP contribution in [0.4, 0.5) is 4.20 Å². The van der Waals surface area contributed by atoms with Gasteiger partial charge in [0.05, 0.1) is 23.8 Å². The molecule has 1 saturated heterocycles. The molecule has 0 bridgehead atoms. The summed E-state index contributed by atoms with van der Waals surface area (Å²) in [5, 5.41) is 24.5. The first-order chi connectivity index (χ1) is 24.7. The first-order valence-corrected chi connectivity index (χ1v) is 22.1. The van der Waals surface area contributed by atoms with E-state index in [4.69, 9.17) is 16.3 Å². The average molecular weight is 783 g/mol. The molecule has 6 rings (SSSR count). The fourth-order valence-electron chi connectivity index (χ4n) is 10.4. The van der Waals surface area contributed by atoms with Crippen LogP contribution in [0, 0.1) is 28.6 Å². The van der Waals surface area contributed by atoms with Gasteiger partial charge in [0.25, 0.3) is 5.91 Å². The number of ether oxygens (including phenoxy) is 1. The number of carbonyl (C=O) groups is 2. The maximum atomic E-state index is 12.6. The third-order valence-corrected chi connectivity index (χ3v) is 14.5. The van der Waals surface area contributed by atoms with Crippen molar-refractivity contribution in [2.24, 2.45) is 28.6 Å². The molecule has 0 radical (unpaired) electrons. The van der Waals surface area contributed by atoms with Gasteiger partial charge in [-0.2, -0.15) is 4.20 Å². The molecule has 53 heavy (non-hydrogen) atoms. The van der Waals surface area contributed by atoms with Crippen LogP contribution in [0.25, 0.3) is 0 Å². The standard InChI is InChI=1S/C20H30O2.C17H25ClN2O3.C4H10FO2P/c1-18-9-6-14(21)12-13(18)4-5-15-16(18)7-10-19(2)17(15)8-11-20(19,3)22;1-4-11-9-13(18)16(23-3)14(15(11)21)17(22)19-10-12-7-6-8-20(12)5-2;1-4(2)7-8(3,5)6/h12,15-17,22H,4-11H2,1-3H3;9,12,21H,4-8,10H2,1-3H3,(H,19,22);4H,1-3H3/t15-,16+,17+,18+,19+,20+;12-;/m10./s1. The van der Waals surface area contributed by atoms with Crippen molar-refractivity contribution in [3.05, 3.63) is 33.9 Å². The Bertz CT molecular complexity index is 1560. The molecule has 4 fully saturated rings. The number of fused-ring (bicyclic) bond motifs is 5. The Kier molecular flexibility index (Phi) is 14.4. The van der Waals surface area contributed by atoms with Crippen LogP contribution in [0.1, 0.15) is 129 Å². The Hall–Kier alpha value is -1.97. The highest BCUT2D eigenvalue weighted by Crippen LogP contribution is 2.67. The summed E-state index contributed by atoms with van der Waals surface area (Å²) in [5.74, 6) is 2.32. The number of likely N-dealkylation sites (tertiary alicyclic amines) is 1. The number of rotatable bonds is 8. The quantitative estimate of drug-likeness (QED) is 0.223. The fraction of sp³-hybridized carbons (Fsp3) is 0.756. The van der Waals surface area contributed by atoms with E-state index < -0.39 is 13.3 Å². The number of likely N-dealkylation sites (N-methyl/N-ethyl adjacent to an activating group) is 1. The Labute approximate surface area is 322 Å². The molecule has 3 saturated carbocycles. The number of halogens is 2. The van der Waals surface area contributed by atoms with E-state index in [0.29, 0.717) is 41.3 Å². The number of hydrogen-bond acceptors (Lipinski definition) is 8. The Morgan fingerprint density at radius 2 is 1.79 bits per heavy atom. The summed E-state index contributed by atoms with van der Waals surface area (Å²) in [5.41, 5.74) is 2.08. The van der Waals surface area contributed by atoms with Crippen LogP contribution in [0.5, 0.6) is 11.5 Å². The largest absolute Gasteiger partial charge is 0.507 e. The summed E-state index contributed by atoms with van der Waals surface area (Å²) >= 11 is 6.18. The van der Waals surface area contributed by atoms with Crippen molar-refractivity contribution in [2.45, 2.75) is 137 Å². The van der Waals surface area contributed by atoms with Gasteiger partial charge < -0.3 is 24.8 Å². The Morgan fingerprint density at radius 3 is 2.38 bits per heavy atom. The predicted octanol–water partition coefficient (Wildman–Crippen LogP) is 9.30. The van der Waals surface area contributed by atoms with Crippen molar-refractivity contribution in [3.63, 3.8) is 0 Å². The Morgan fingerprint density at radius 1 is 1.11 bits per heavy atom. The summed E-state index contributed by atoms with van der Waals surface area (Å²) in [7, 11) is -2.28. The molecule has 300 valence electrons. The van der Waals surface area contributed by atoms with Gasteiger partial charge in [-0.25, -0.2) is 0 Å². The molecule has 0 spiro atoms. The minimum absolute atomic E-state index is 0.0509. The lowest BCUT2D eigenvalue weighted by Crippen LogP contribution is -2.53. The highest BCUT2D eigenvalue weighted by Gasteiger charge is 2.62. The van der Waals surface area contributed by atoms with Gasteiger partial charge in [-0.3, -0.25) is 19.1 Å². The molecule has 1 aliphatic heterocycles. The lowest BCUT2D eigenvalue weighted by atomic mass is 9.46. The number of nitrogens with zero attached hydrogens (tertiary/aromatic N) is 1. The van der Waals surface area contributed by atoms with Crippen LogP contribution >= 0.6 is 19.3 Å². The smallest absolute Gasteiger partial charge is 0.364 e. The molecular weight excluding hydrogens is 718 g/mol. The van der Waals surface area contributed by atoms with Crippen molar-refractivity contribution in [2.75, 3.05) is 33.4 Å². The number of aromatic hydroxyl groups is 1. The monoisotopic (exact) mass is 782 g/mol. The zero-order chi connectivity index (χ0) is 39.5. The number of benzene rings is 1. The highest BCUT2D eigenvalue weighted by molar-refractivity contribution is 7.52. The molecule has 4 aliphatic carbocycles. The predicted molar refractivity (Wildman–Crippen MR) is 210 cm³/mol. The molecule has 5 aliphatic rings. The molecule has 1 aromatic rings. The fourth-order valence-corrected chi connectivity index (χ4v) is 11.4. The number of allylic oxidation sites excluding steroid dienone is 1. The minimum Gasteiger partial charge on any atom is -0.507 e. The molecule has 1 aromatic carbocycles. The number of phenolic OH excluding ortho intramolecular Hbond substituents is 1. The van der Waals surface area contributed by atoms with Crippen LogP contribution in [0.2, 0.25) is 5.02 Å².